The van der Waals surface area contributed by atoms with E-state index in [0.717, 1.165) is 0 Å². The van der Waals surface area contributed by atoms with Gasteiger partial charge < -0.3 is 10.6 Å². The van der Waals surface area contributed by atoms with Gasteiger partial charge in [-0.05, 0) is 39.0 Å². The molecule has 2 N–H and O–H groups in total. The van der Waals surface area contributed by atoms with Crippen molar-refractivity contribution in [1.29, 1.82) is 0 Å². The second kappa shape index (κ2) is 10.9. The summed E-state index contributed by atoms with van der Waals surface area (Å²) in [7, 11) is 2.17. The number of hydrogen-bond acceptors (Lipinski definition) is 2. The Morgan fingerprint density at radius 1 is 1.08 bits per heavy atom. The Bertz CT molecular complexity index is 63.5. The molecule has 0 saturated carbocycles. The molecule has 0 aromatic carbocycles. The SMILES string of the molecule is CC.CC(C)N.CN1CCCC1. The molecule has 0 amide bonds. The fourth-order valence-electron chi connectivity index (χ4n) is 0.875. The van der Waals surface area contributed by atoms with Crippen LogP contribution < -0.4 is 5.73 Å². The van der Waals surface area contributed by atoms with Crippen molar-refractivity contribution in [3.05, 3.63) is 0 Å². The van der Waals surface area contributed by atoms with E-state index < -0.39 is 0 Å². The average molecular weight is 174 g/mol. The van der Waals surface area contributed by atoms with Crippen LogP contribution in [0.4, 0.5) is 0 Å². The molecule has 1 heterocycles. The summed E-state index contributed by atoms with van der Waals surface area (Å²) in [6.45, 7) is 10.5. The van der Waals surface area contributed by atoms with Crippen LogP contribution in [0.5, 0.6) is 0 Å². The van der Waals surface area contributed by atoms with Crippen LogP contribution in [0.2, 0.25) is 0 Å². The Hall–Kier alpha value is -0.0800. The van der Waals surface area contributed by atoms with Crippen molar-refractivity contribution in [2.45, 2.75) is 46.6 Å². The fourth-order valence-corrected chi connectivity index (χ4v) is 0.875. The van der Waals surface area contributed by atoms with E-state index in [1.54, 1.807) is 0 Å². The summed E-state index contributed by atoms with van der Waals surface area (Å²) in [6.07, 6.45) is 2.83. The predicted octanol–water partition coefficient (Wildman–Crippen LogP) is 2.09. The first-order valence-electron chi connectivity index (χ1n) is 5.07. The zero-order chi connectivity index (χ0) is 9.98. The first kappa shape index (κ1) is 14.4. The minimum Gasteiger partial charge on any atom is -0.328 e. The summed E-state index contributed by atoms with van der Waals surface area (Å²) in [5.41, 5.74) is 5.11. The third-order valence-electron chi connectivity index (χ3n) is 1.33. The van der Waals surface area contributed by atoms with Crippen LogP contribution in [0.1, 0.15) is 40.5 Å². The van der Waals surface area contributed by atoms with Crippen molar-refractivity contribution < 1.29 is 0 Å². The van der Waals surface area contributed by atoms with Crippen LogP contribution in [0.15, 0.2) is 0 Å². The molecule has 1 aliphatic heterocycles. The molecule has 1 rings (SSSR count). The zero-order valence-corrected chi connectivity index (χ0v) is 9.43. The van der Waals surface area contributed by atoms with E-state index in [9.17, 15) is 0 Å². The van der Waals surface area contributed by atoms with Gasteiger partial charge in [-0.2, -0.15) is 0 Å². The van der Waals surface area contributed by atoms with Gasteiger partial charge in [-0.3, -0.25) is 0 Å². The maximum Gasteiger partial charge on any atom is -0.00179 e. The fraction of sp³-hybridized carbons (Fsp3) is 1.00. The lowest BCUT2D eigenvalue weighted by atomic mass is 10.4. The van der Waals surface area contributed by atoms with Gasteiger partial charge >= 0.3 is 0 Å². The first-order valence-corrected chi connectivity index (χ1v) is 5.07. The second-order valence-corrected chi connectivity index (χ2v) is 3.25. The molecule has 2 heteroatoms. The van der Waals surface area contributed by atoms with Crippen LogP contribution in [-0.4, -0.2) is 31.1 Å². The maximum absolute atomic E-state index is 5.11. The molecular weight excluding hydrogens is 148 g/mol. The topological polar surface area (TPSA) is 29.3 Å². The lowest BCUT2D eigenvalue weighted by Crippen LogP contribution is -2.10. The molecule has 1 saturated heterocycles. The van der Waals surface area contributed by atoms with E-state index in [1.807, 2.05) is 27.7 Å². The predicted molar refractivity (Wildman–Crippen MR) is 57.4 cm³/mol. The van der Waals surface area contributed by atoms with E-state index in [4.69, 9.17) is 5.73 Å². The van der Waals surface area contributed by atoms with Gasteiger partial charge in [0, 0.05) is 0 Å². The largest absolute Gasteiger partial charge is 0.328 e. The van der Waals surface area contributed by atoms with Gasteiger partial charge in [-0.1, -0.05) is 27.7 Å². The lowest BCUT2D eigenvalue weighted by Gasteiger charge is -2.01. The number of hydrogen-bond donors (Lipinski definition) is 1. The highest BCUT2D eigenvalue weighted by Crippen LogP contribution is 2.01. The third kappa shape index (κ3) is 16.5. The minimum atomic E-state index is 0.333. The third-order valence-corrected chi connectivity index (χ3v) is 1.33. The molecule has 0 radical (unpaired) electrons. The van der Waals surface area contributed by atoms with Crippen molar-refractivity contribution in [1.82, 2.24) is 4.90 Å². The molecular formula is C10H26N2. The molecule has 0 aromatic rings. The molecule has 76 valence electrons. The highest BCUT2D eigenvalue weighted by molar-refractivity contribution is 4.59. The highest BCUT2D eigenvalue weighted by atomic mass is 15.1. The van der Waals surface area contributed by atoms with Crippen LogP contribution in [0.3, 0.4) is 0 Å². The summed E-state index contributed by atoms with van der Waals surface area (Å²) in [4.78, 5) is 2.36. The lowest BCUT2D eigenvalue weighted by molar-refractivity contribution is 0.418. The van der Waals surface area contributed by atoms with E-state index in [0.29, 0.717) is 6.04 Å². The van der Waals surface area contributed by atoms with E-state index in [1.165, 1.54) is 25.9 Å². The van der Waals surface area contributed by atoms with Crippen molar-refractivity contribution in [2.24, 2.45) is 5.73 Å². The standard InChI is InChI=1S/C5H11N.C3H9N.C2H6/c1-6-4-2-3-5-6;1-3(2)4;1-2/h2-5H2,1H3;3H,4H2,1-2H3;1-2H3. The van der Waals surface area contributed by atoms with Crippen molar-refractivity contribution in [3.8, 4) is 0 Å². The maximum atomic E-state index is 5.11. The monoisotopic (exact) mass is 174 g/mol. The van der Waals surface area contributed by atoms with Crippen molar-refractivity contribution >= 4 is 0 Å². The van der Waals surface area contributed by atoms with Gasteiger partial charge in [0.05, 0.1) is 0 Å². The van der Waals surface area contributed by atoms with Gasteiger partial charge in [-0.25, -0.2) is 0 Å². The molecule has 0 aromatic heterocycles. The highest BCUT2D eigenvalue weighted by Gasteiger charge is 2.03. The Kier molecular flexibility index (Phi) is 13.1. The molecule has 1 aliphatic rings. The number of likely N-dealkylation sites (tertiary alicyclic amines) is 1. The summed E-state index contributed by atoms with van der Waals surface area (Å²) >= 11 is 0. The van der Waals surface area contributed by atoms with Crippen molar-refractivity contribution in [2.75, 3.05) is 20.1 Å². The molecule has 0 spiro atoms. The smallest absolute Gasteiger partial charge is 0.00179 e. The molecule has 2 nitrogen and oxygen atoms in total. The second-order valence-electron chi connectivity index (χ2n) is 3.25. The summed E-state index contributed by atoms with van der Waals surface area (Å²) in [5, 5.41) is 0. The molecule has 12 heavy (non-hydrogen) atoms. The average Bonchev–Trinajstić information content (AvgIpc) is 2.43. The quantitative estimate of drug-likeness (QED) is 0.609. The Morgan fingerprint density at radius 2 is 1.33 bits per heavy atom. The van der Waals surface area contributed by atoms with Crippen molar-refractivity contribution in [3.63, 3.8) is 0 Å². The normalized spacial score (nSPS) is 16.2. The van der Waals surface area contributed by atoms with Gasteiger partial charge in [0.25, 0.3) is 0 Å². The van der Waals surface area contributed by atoms with E-state index in [-0.39, 0.29) is 0 Å². The van der Waals surface area contributed by atoms with Crippen LogP contribution >= 0.6 is 0 Å². The van der Waals surface area contributed by atoms with E-state index >= 15 is 0 Å². The number of nitrogens with two attached hydrogens (primary N) is 1. The first-order chi connectivity index (χ1) is 5.63. The molecule has 0 atom stereocenters. The van der Waals surface area contributed by atoms with E-state index in [2.05, 4.69) is 11.9 Å². The minimum absolute atomic E-state index is 0.333. The number of nitrogens with zero attached hydrogens (tertiary/aromatic N) is 1. The molecule has 0 bridgehead atoms. The number of rotatable bonds is 0. The van der Waals surface area contributed by atoms with Crippen LogP contribution in [0.25, 0.3) is 0 Å². The van der Waals surface area contributed by atoms with Gasteiger partial charge in [0.2, 0.25) is 0 Å². The molecule has 0 unspecified atom stereocenters. The summed E-state index contributed by atoms with van der Waals surface area (Å²) in [6, 6.07) is 0.333. The Labute approximate surface area is 78.1 Å². The van der Waals surface area contributed by atoms with Crippen LogP contribution in [-0.2, 0) is 0 Å². The Morgan fingerprint density at radius 3 is 1.42 bits per heavy atom. The molecule has 0 aliphatic carbocycles. The van der Waals surface area contributed by atoms with Gasteiger partial charge in [0.1, 0.15) is 0 Å². The van der Waals surface area contributed by atoms with Gasteiger partial charge in [0.15, 0.2) is 0 Å². The van der Waals surface area contributed by atoms with Crippen LogP contribution in [0, 0.1) is 0 Å². The Balaban J connectivity index is 0. The summed E-state index contributed by atoms with van der Waals surface area (Å²) < 4.78 is 0. The summed E-state index contributed by atoms with van der Waals surface area (Å²) in [5.74, 6) is 0. The van der Waals surface area contributed by atoms with Gasteiger partial charge in [-0.15, -0.1) is 0 Å². The molecule has 1 fully saturated rings. The zero-order valence-electron chi connectivity index (χ0n) is 9.43.